The van der Waals surface area contributed by atoms with E-state index in [2.05, 4.69) is 10.2 Å². The quantitative estimate of drug-likeness (QED) is 0.634. The number of rotatable bonds is 7. The van der Waals surface area contributed by atoms with Gasteiger partial charge in [-0.1, -0.05) is 42.5 Å². The Kier molecular flexibility index (Phi) is 6.32. The third kappa shape index (κ3) is 4.46. The number of hydrogen-bond acceptors (Lipinski definition) is 4. The average molecular weight is 421 g/mol. The lowest BCUT2D eigenvalue weighted by Crippen LogP contribution is -2.45. The highest BCUT2D eigenvalue weighted by atomic mass is 16.2. The molecule has 1 aliphatic rings. The SMILES string of the molecule is CC(C(=O)NCCN1CCCC1)n1c(=O)n(Cc2ccccc2)c(=O)c2ccccc21. The number of likely N-dealkylation sites (tertiary alicyclic amines) is 1. The molecular formula is C24H28N4O3. The van der Waals surface area contributed by atoms with Gasteiger partial charge in [-0.3, -0.25) is 18.7 Å². The van der Waals surface area contributed by atoms with Crippen LogP contribution in [0.3, 0.4) is 0 Å². The normalized spacial score (nSPS) is 15.3. The van der Waals surface area contributed by atoms with E-state index in [1.165, 1.54) is 22.0 Å². The number of aromatic nitrogens is 2. The summed E-state index contributed by atoms with van der Waals surface area (Å²) in [7, 11) is 0. The molecule has 0 bridgehead atoms. The minimum atomic E-state index is -0.737. The van der Waals surface area contributed by atoms with Gasteiger partial charge in [0.05, 0.1) is 17.4 Å². The minimum absolute atomic E-state index is 0.159. The van der Waals surface area contributed by atoms with Crippen molar-refractivity contribution in [3.63, 3.8) is 0 Å². The van der Waals surface area contributed by atoms with Crippen LogP contribution in [0.25, 0.3) is 10.9 Å². The number of fused-ring (bicyclic) bond motifs is 1. The number of carbonyl (C=O) groups is 1. The molecule has 1 amide bonds. The molecule has 4 rings (SSSR count). The lowest BCUT2D eigenvalue weighted by molar-refractivity contribution is -0.123. The molecule has 0 saturated carbocycles. The summed E-state index contributed by atoms with van der Waals surface area (Å²) in [6.07, 6.45) is 2.41. The molecule has 2 heterocycles. The minimum Gasteiger partial charge on any atom is -0.353 e. The molecule has 7 heteroatoms. The predicted octanol–water partition coefficient (Wildman–Crippen LogP) is 1.98. The van der Waals surface area contributed by atoms with Crippen molar-refractivity contribution in [1.29, 1.82) is 0 Å². The first-order valence-corrected chi connectivity index (χ1v) is 10.8. The lowest BCUT2D eigenvalue weighted by Gasteiger charge is -2.20. The highest BCUT2D eigenvalue weighted by Gasteiger charge is 2.22. The number of nitrogens with one attached hydrogen (secondary N) is 1. The van der Waals surface area contributed by atoms with Crippen molar-refractivity contribution in [2.45, 2.75) is 32.4 Å². The molecule has 1 N–H and O–H groups in total. The van der Waals surface area contributed by atoms with Gasteiger partial charge in [-0.25, -0.2) is 4.79 Å². The number of hydrogen-bond donors (Lipinski definition) is 1. The summed E-state index contributed by atoms with van der Waals surface area (Å²) in [6.45, 7) is 5.35. The van der Waals surface area contributed by atoms with Crippen molar-refractivity contribution in [2.24, 2.45) is 0 Å². The van der Waals surface area contributed by atoms with Crippen LogP contribution in [-0.2, 0) is 11.3 Å². The number of benzene rings is 2. The van der Waals surface area contributed by atoms with Crippen molar-refractivity contribution in [2.75, 3.05) is 26.2 Å². The summed E-state index contributed by atoms with van der Waals surface area (Å²) in [6, 6.07) is 15.6. The van der Waals surface area contributed by atoms with Gasteiger partial charge in [-0.15, -0.1) is 0 Å². The standard InChI is InChI=1S/C24H28N4O3/c1-18(22(29)25-13-16-26-14-7-8-15-26)28-21-12-6-5-11-20(21)23(30)27(24(28)31)17-19-9-3-2-4-10-19/h2-6,9-12,18H,7-8,13-17H2,1H3,(H,25,29). The fraction of sp³-hybridized carbons (Fsp3) is 0.375. The molecule has 0 aliphatic carbocycles. The first-order chi connectivity index (χ1) is 15.1. The molecule has 1 fully saturated rings. The zero-order chi connectivity index (χ0) is 21.8. The van der Waals surface area contributed by atoms with E-state index in [4.69, 9.17) is 0 Å². The molecule has 1 aliphatic heterocycles. The Labute approximate surface area is 180 Å². The van der Waals surface area contributed by atoms with Crippen molar-refractivity contribution >= 4 is 16.8 Å². The fourth-order valence-electron chi connectivity index (χ4n) is 4.22. The van der Waals surface area contributed by atoms with Crippen LogP contribution < -0.4 is 16.6 Å². The number of carbonyl (C=O) groups excluding carboxylic acids is 1. The summed E-state index contributed by atoms with van der Waals surface area (Å²) < 4.78 is 2.65. The van der Waals surface area contributed by atoms with Crippen molar-refractivity contribution in [3.05, 3.63) is 81.0 Å². The largest absolute Gasteiger partial charge is 0.353 e. The highest BCUT2D eigenvalue weighted by molar-refractivity contribution is 5.84. The summed E-state index contributed by atoms with van der Waals surface area (Å²) in [5, 5.41) is 3.38. The second-order valence-electron chi connectivity index (χ2n) is 8.06. The third-order valence-corrected chi connectivity index (χ3v) is 5.95. The van der Waals surface area contributed by atoms with Gasteiger partial charge in [0, 0.05) is 13.1 Å². The molecule has 1 unspecified atom stereocenters. The van der Waals surface area contributed by atoms with Crippen LogP contribution in [0.5, 0.6) is 0 Å². The van der Waals surface area contributed by atoms with Crippen LogP contribution in [0.15, 0.2) is 64.2 Å². The molecule has 1 aromatic heterocycles. The van der Waals surface area contributed by atoms with E-state index in [1.807, 2.05) is 30.3 Å². The monoisotopic (exact) mass is 420 g/mol. The zero-order valence-electron chi connectivity index (χ0n) is 17.8. The first kappa shape index (κ1) is 21.1. The molecule has 31 heavy (non-hydrogen) atoms. The van der Waals surface area contributed by atoms with E-state index < -0.39 is 11.7 Å². The molecule has 2 aromatic carbocycles. The topological polar surface area (TPSA) is 76.3 Å². The Morgan fingerprint density at radius 3 is 2.42 bits per heavy atom. The van der Waals surface area contributed by atoms with Gasteiger partial charge in [0.1, 0.15) is 6.04 Å². The molecule has 3 aromatic rings. The van der Waals surface area contributed by atoms with E-state index in [-0.39, 0.29) is 18.0 Å². The Bertz CT molecular complexity index is 1180. The predicted molar refractivity (Wildman–Crippen MR) is 121 cm³/mol. The number of amides is 1. The van der Waals surface area contributed by atoms with Crippen LogP contribution in [-0.4, -0.2) is 46.1 Å². The van der Waals surface area contributed by atoms with E-state index in [0.717, 1.165) is 25.2 Å². The van der Waals surface area contributed by atoms with Gasteiger partial charge in [-0.2, -0.15) is 0 Å². The van der Waals surface area contributed by atoms with Crippen molar-refractivity contribution in [3.8, 4) is 0 Å². The van der Waals surface area contributed by atoms with E-state index in [9.17, 15) is 14.4 Å². The summed E-state index contributed by atoms with van der Waals surface area (Å²) in [4.78, 5) is 41.7. The Hall–Kier alpha value is -3.19. The maximum atomic E-state index is 13.4. The van der Waals surface area contributed by atoms with E-state index in [1.54, 1.807) is 31.2 Å². The van der Waals surface area contributed by atoms with Gasteiger partial charge in [0.15, 0.2) is 0 Å². The summed E-state index contributed by atoms with van der Waals surface area (Å²) in [5.74, 6) is -0.226. The van der Waals surface area contributed by atoms with E-state index in [0.29, 0.717) is 17.4 Å². The smallest absolute Gasteiger partial charge is 0.332 e. The number of nitrogens with zero attached hydrogens (tertiary/aromatic N) is 3. The second-order valence-corrected chi connectivity index (χ2v) is 8.06. The molecule has 1 saturated heterocycles. The van der Waals surface area contributed by atoms with Crippen LogP contribution in [0.4, 0.5) is 0 Å². The summed E-state index contributed by atoms with van der Waals surface area (Å²) in [5.41, 5.74) is 0.507. The highest BCUT2D eigenvalue weighted by Crippen LogP contribution is 2.14. The Morgan fingerprint density at radius 2 is 1.68 bits per heavy atom. The maximum absolute atomic E-state index is 13.4. The van der Waals surface area contributed by atoms with Crippen LogP contribution in [0.1, 0.15) is 31.4 Å². The lowest BCUT2D eigenvalue weighted by atomic mass is 10.2. The van der Waals surface area contributed by atoms with Gasteiger partial charge in [-0.05, 0) is 50.6 Å². The van der Waals surface area contributed by atoms with Crippen molar-refractivity contribution in [1.82, 2.24) is 19.4 Å². The molecule has 1 atom stereocenters. The zero-order valence-corrected chi connectivity index (χ0v) is 17.8. The average Bonchev–Trinajstić information content (AvgIpc) is 3.31. The number of para-hydroxylation sites is 1. The Balaban J connectivity index is 1.66. The molecule has 162 valence electrons. The van der Waals surface area contributed by atoms with Gasteiger partial charge in [0.25, 0.3) is 5.56 Å². The van der Waals surface area contributed by atoms with E-state index >= 15 is 0 Å². The second kappa shape index (κ2) is 9.31. The first-order valence-electron chi connectivity index (χ1n) is 10.8. The summed E-state index contributed by atoms with van der Waals surface area (Å²) >= 11 is 0. The Morgan fingerprint density at radius 1 is 1.00 bits per heavy atom. The van der Waals surface area contributed by atoms with Gasteiger partial charge >= 0.3 is 5.69 Å². The molecule has 0 radical (unpaired) electrons. The van der Waals surface area contributed by atoms with Crippen molar-refractivity contribution < 1.29 is 4.79 Å². The fourth-order valence-corrected chi connectivity index (χ4v) is 4.22. The van der Waals surface area contributed by atoms with Gasteiger partial charge < -0.3 is 10.2 Å². The maximum Gasteiger partial charge on any atom is 0.332 e. The molecule has 0 spiro atoms. The van der Waals surface area contributed by atoms with Crippen LogP contribution in [0.2, 0.25) is 0 Å². The van der Waals surface area contributed by atoms with Crippen LogP contribution in [0, 0.1) is 0 Å². The molecule has 7 nitrogen and oxygen atoms in total. The van der Waals surface area contributed by atoms with Gasteiger partial charge in [0.2, 0.25) is 5.91 Å². The third-order valence-electron chi connectivity index (χ3n) is 5.95. The molecular weight excluding hydrogens is 392 g/mol. The van der Waals surface area contributed by atoms with Crippen LogP contribution >= 0.6 is 0 Å².